The van der Waals surface area contributed by atoms with Crippen LogP contribution in [0, 0.1) is 19.4 Å². The fourth-order valence-corrected chi connectivity index (χ4v) is 2.62. The molecular formula is C13H15NO2S. The highest BCUT2D eigenvalue weighted by atomic mass is 32.2. The zero-order valence-corrected chi connectivity index (χ0v) is 11.0. The highest BCUT2D eigenvalue weighted by Crippen LogP contribution is 2.21. The molecular weight excluding hydrogens is 234 g/mol. The van der Waals surface area contributed by atoms with Gasteiger partial charge in [-0.15, -0.1) is 0 Å². The maximum absolute atomic E-state index is 12.1. The topological polar surface area (TPSA) is 38.5 Å². The molecule has 0 aliphatic rings. The molecule has 0 aliphatic heterocycles. The Morgan fingerprint density at radius 1 is 1.29 bits per heavy atom. The Bertz CT molecular complexity index is 560. The summed E-state index contributed by atoms with van der Waals surface area (Å²) in [5.74, 6) is 0.0272. The van der Waals surface area contributed by atoms with Crippen molar-refractivity contribution >= 4 is 9.84 Å². The summed E-state index contributed by atoms with van der Waals surface area (Å²) in [4.78, 5) is 3.29. The van der Waals surface area contributed by atoms with Crippen molar-refractivity contribution in [2.45, 2.75) is 25.7 Å². The number of rotatable bonds is 3. The highest BCUT2D eigenvalue weighted by Gasteiger charge is 2.21. The minimum Gasteiger partial charge on any atom is -0.230 e. The van der Waals surface area contributed by atoms with E-state index in [9.17, 15) is 8.42 Å². The van der Waals surface area contributed by atoms with Crippen LogP contribution >= 0.6 is 0 Å². The van der Waals surface area contributed by atoms with Gasteiger partial charge < -0.3 is 0 Å². The first kappa shape index (κ1) is 13.5. The summed E-state index contributed by atoms with van der Waals surface area (Å²) in [6.07, 6.45) is 1.47. The lowest BCUT2D eigenvalue weighted by Gasteiger charge is -2.04. The van der Waals surface area contributed by atoms with Crippen LogP contribution in [0.2, 0.25) is 0 Å². The summed E-state index contributed by atoms with van der Waals surface area (Å²) in [6.45, 7) is 12.5. The van der Waals surface area contributed by atoms with Crippen LogP contribution in [0.1, 0.15) is 19.4 Å². The number of benzene rings is 1. The molecule has 0 bridgehead atoms. The van der Waals surface area contributed by atoms with Crippen molar-refractivity contribution in [3.05, 3.63) is 52.4 Å². The third-order valence-corrected chi connectivity index (χ3v) is 3.86. The molecule has 17 heavy (non-hydrogen) atoms. The van der Waals surface area contributed by atoms with Gasteiger partial charge >= 0.3 is 0 Å². The van der Waals surface area contributed by atoms with Gasteiger partial charge in [-0.3, -0.25) is 0 Å². The van der Waals surface area contributed by atoms with Gasteiger partial charge in [0.2, 0.25) is 9.84 Å². The Morgan fingerprint density at radius 3 is 2.24 bits per heavy atom. The molecule has 0 saturated heterocycles. The number of aryl methyl sites for hydroxylation is 1. The molecule has 0 radical (unpaired) electrons. The third kappa shape index (κ3) is 3.18. The lowest BCUT2D eigenvalue weighted by Crippen LogP contribution is -2.03. The number of allylic oxidation sites excluding steroid dienone is 1. The zero-order valence-electron chi connectivity index (χ0n) is 10.1. The van der Waals surface area contributed by atoms with Crippen LogP contribution < -0.4 is 0 Å². The standard InChI is InChI=1S/C13H15NO2S/c1-10(2)9-13(14-4)17(15,16)12-7-5-11(3)6-8-12/h5-10H,1-3H3/b13-9-. The first-order valence-electron chi connectivity index (χ1n) is 5.29. The van der Waals surface area contributed by atoms with E-state index >= 15 is 0 Å². The summed E-state index contributed by atoms with van der Waals surface area (Å²) >= 11 is 0. The highest BCUT2D eigenvalue weighted by molar-refractivity contribution is 7.95. The largest absolute Gasteiger partial charge is 0.279 e. The van der Waals surface area contributed by atoms with Crippen LogP contribution in [0.25, 0.3) is 4.85 Å². The zero-order chi connectivity index (χ0) is 13.1. The van der Waals surface area contributed by atoms with E-state index in [1.54, 1.807) is 12.1 Å². The summed E-state index contributed by atoms with van der Waals surface area (Å²) in [5, 5.41) is -0.198. The van der Waals surface area contributed by atoms with Gasteiger partial charge in [-0.2, -0.15) is 0 Å². The first-order chi connectivity index (χ1) is 7.87. The van der Waals surface area contributed by atoms with Crippen LogP contribution in [-0.2, 0) is 9.84 Å². The molecule has 0 atom stereocenters. The number of nitrogens with zero attached hydrogens (tertiary/aromatic N) is 1. The van der Waals surface area contributed by atoms with Crippen LogP contribution in [0.3, 0.4) is 0 Å². The summed E-state index contributed by atoms with van der Waals surface area (Å²) in [6, 6.07) is 6.52. The summed E-state index contributed by atoms with van der Waals surface area (Å²) in [7, 11) is -3.66. The molecule has 0 aromatic heterocycles. The molecule has 1 aromatic carbocycles. The first-order valence-corrected chi connectivity index (χ1v) is 6.77. The third-order valence-electron chi connectivity index (χ3n) is 2.19. The van der Waals surface area contributed by atoms with Crippen molar-refractivity contribution < 1.29 is 8.42 Å². The van der Waals surface area contributed by atoms with E-state index in [0.29, 0.717) is 0 Å². The SMILES string of the molecule is [C-]#[N+]/C(=C/C(C)C)S(=O)(=O)c1ccc(C)cc1. The lowest BCUT2D eigenvalue weighted by atomic mass is 10.2. The van der Waals surface area contributed by atoms with E-state index in [0.717, 1.165) is 5.56 Å². The smallest absolute Gasteiger partial charge is 0.230 e. The van der Waals surface area contributed by atoms with Crippen molar-refractivity contribution in [3.63, 3.8) is 0 Å². The van der Waals surface area contributed by atoms with Gasteiger partial charge in [-0.05, 0) is 25.0 Å². The van der Waals surface area contributed by atoms with Gasteiger partial charge in [-0.1, -0.05) is 37.6 Å². The normalized spacial score (nSPS) is 12.5. The Kier molecular flexibility index (Phi) is 4.08. The maximum Gasteiger partial charge on any atom is 0.279 e. The fraction of sp³-hybridized carbons (Fsp3) is 0.308. The van der Waals surface area contributed by atoms with E-state index < -0.39 is 9.84 Å². The second-order valence-electron chi connectivity index (χ2n) is 4.18. The van der Waals surface area contributed by atoms with Crippen LogP contribution in [0.15, 0.2) is 40.3 Å². The maximum atomic E-state index is 12.1. The average Bonchev–Trinajstić information content (AvgIpc) is 2.26. The quantitative estimate of drug-likeness (QED) is 0.772. The van der Waals surface area contributed by atoms with Crippen molar-refractivity contribution in [2.24, 2.45) is 5.92 Å². The molecule has 3 nitrogen and oxygen atoms in total. The van der Waals surface area contributed by atoms with Crippen molar-refractivity contribution in [3.8, 4) is 0 Å². The van der Waals surface area contributed by atoms with Crippen LogP contribution in [-0.4, -0.2) is 8.42 Å². The molecule has 90 valence electrons. The second-order valence-corrected chi connectivity index (χ2v) is 6.07. The van der Waals surface area contributed by atoms with E-state index in [1.807, 2.05) is 20.8 Å². The summed E-state index contributed by atoms with van der Waals surface area (Å²) < 4.78 is 24.3. The molecule has 0 heterocycles. The average molecular weight is 249 g/mol. The molecule has 1 rings (SSSR count). The van der Waals surface area contributed by atoms with Crippen molar-refractivity contribution in [1.82, 2.24) is 0 Å². The van der Waals surface area contributed by atoms with E-state index in [-0.39, 0.29) is 15.8 Å². The number of hydrogen-bond donors (Lipinski definition) is 0. The summed E-state index contributed by atoms with van der Waals surface area (Å²) in [5.41, 5.74) is 0.987. The van der Waals surface area contributed by atoms with Gasteiger partial charge in [0.25, 0.3) is 5.03 Å². The Labute approximate surface area is 103 Å². The molecule has 1 aromatic rings. The van der Waals surface area contributed by atoms with E-state index in [2.05, 4.69) is 4.85 Å². The second kappa shape index (κ2) is 5.15. The van der Waals surface area contributed by atoms with Gasteiger partial charge in [-0.25, -0.2) is 13.3 Å². The molecule has 0 N–H and O–H groups in total. The molecule has 0 aliphatic carbocycles. The minimum absolute atomic E-state index is 0.0272. The van der Waals surface area contributed by atoms with Crippen LogP contribution in [0.4, 0.5) is 0 Å². The molecule has 4 heteroatoms. The van der Waals surface area contributed by atoms with Gasteiger partial charge in [0.15, 0.2) is 0 Å². The van der Waals surface area contributed by atoms with E-state index in [1.165, 1.54) is 18.2 Å². The lowest BCUT2D eigenvalue weighted by molar-refractivity contribution is 0.602. The predicted octanol–water partition coefficient (Wildman–Crippen LogP) is 3.19. The Morgan fingerprint density at radius 2 is 1.82 bits per heavy atom. The van der Waals surface area contributed by atoms with Gasteiger partial charge in [0.1, 0.15) is 0 Å². The van der Waals surface area contributed by atoms with Crippen molar-refractivity contribution in [1.29, 1.82) is 0 Å². The molecule has 0 amide bonds. The fourth-order valence-electron chi connectivity index (χ4n) is 1.31. The minimum atomic E-state index is -3.66. The monoisotopic (exact) mass is 249 g/mol. The van der Waals surface area contributed by atoms with Crippen molar-refractivity contribution in [2.75, 3.05) is 0 Å². The van der Waals surface area contributed by atoms with Crippen LogP contribution in [0.5, 0.6) is 0 Å². The van der Waals surface area contributed by atoms with E-state index in [4.69, 9.17) is 6.57 Å². The molecule has 0 spiro atoms. The number of hydrogen-bond acceptors (Lipinski definition) is 2. The molecule has 0 fully saturated rings. The Balaban J connectivity index is 3.29. The predicted molar refractivity (Wildman–Crippen MR) is 67.9 cm³/mol. The molecule has 0 saturated carbocycles. The van der Waals surface area contributed by atoms with Gasteiger partial charge in [0, 0.05) is 0 Å². The number of sulfone groups is 1. The Hall–Kier alpha value is -1.60. The van der Waals surface area contributed by atoms with Gasteiger partial charge in [0.05, 0.1) is 11.5 Å². The molecule has 0 unspecified atom stereocenters.